The van der Waals surface area contributed by atoms with E-state index < -0.39 is 17.4 Å². The molecule has 0 fully saturated rings. The fourth-order valence-corrected chi connectivity index (χ4v) is 3.58. The van der Waals surface area contributed by atoms with E-state index in [9.17, 15) is 14.7 Å². The van der Waals surface area contributed by atoms with Gasteiger partial charge in [-0.05, 0) is 42.1 Å². The number of nitrogens with one attached hydrogen (secondary N) is 2. The number of benzene rings is 1. The Morgan fingerprint density at radius 3 is 2.70 bits per heavy atom. The van der Waals surface area contributed by atoms with Gasteiger partial charge in [0.15, 0.2) is 0 Å². The zero-order valence-corrected chi connectivity index (χ0v) is 15.9. The summed E-state index contributed by atoms with van der Waals surface area (Å²) in [6.45, 7) is 1.55. The van der Waals surface area contributed by atoms with Crippen molar-refractivity contribution in [3.8, 4) is 0 Å². The second kappa shape index (κ2) is 7.96. The van der Waals surface area contributed by atoms with E-state index in [0.29, 0.717) is 26.7 Å². The largest absolute Gasteiger partial charge is 0.472 e. The Morgan fingerprint density at radius 1 is 1.22 bits per heavy atom. The number of anilines is 1. The molecule has 0 spiro atoms. The molecule has 0 saturated heterocycles. The lowest BCUT2D eigenvalue weighted by atomic mass is 9.94. The zero-order valence-electron chi connectivity index (χ0n) is 14.4. The van der Waals surface area contributed by atoms with E-state index in [1.165, 1.54) is 23.9 Å². The van der Waals surface area contributed by atoms with Crippen LogP contribution >= 0.6 is 22.9 Å². The molecule has 2 aromatic heterocycles. The molecular weight excluding hydrogens is 388 g/mol. The van der Waals surface area contributed by atoms with Crippen molar-refractivity contribution in [1.82, 2.24) is 5.32 Å². The minimum absolute atomic E-state index is 0.187. The average Bonchev–Trinajstić information content (AvgIpc) is 3.37. The number of hydrogen-bond acceptors (Lipinski definition) is 5. The Kier molecular flexibility index (Phi) is 5.65. The highest BCUT2D eigenvalue weighted by Gasteiger charge is 2.35. The molecule has 0 aliphatic carbocycles. The standard InChI is InChI=1S/C19H17ClN2O4S/c1-12-14(20)4-2-5-15(12)22-18(24)17(23)21-11-19(25,13-7-8-26-10-13)16-6-3-9-27-16/h2-10,25H,11H2,1H3,(H,21,23)(H,22,24). The fraction of sp³-hybridized carbons (Fsp3) is 0.158. The van der Waals surface area contributed by atoms with Gasteiger partial charge in [-0.3, -0.25) is 9.59 Å². The number of furan rings is 1. The number of carbonyl (C=O) groups is 2. The number of hydrogen-bond donors (Lipinski definition) is 3. The van der Waals surface area contributed by atoms with Gasteiger partial charge in [0.2, 0.25) is 0 Å². The molecule has 3 N–H and O–H groups in total. The first-order valence-corrected chi connectivity index (χ1v) is 9.31. The van der Waals surface area contributed by atoms with Crippen molar-refractivity contribution in [3.05, 3.63) is 75.3 Å². The molecule has 1 atom stereocenters. The van der Waals surface area contributed by atoms with Gasteiger partial charge < -0.3 is 20.2 Å². The SMILES string of the molecule is Cc1c(Cl)cccc1NC(=O)C(=O)NCC(O)(c1ccoc1)c1cccs1. The van der Waals surface area contributed by atoms with E-state index in [4.69, 9.17) is 16.0 Å². The Hall–Kier alpha value is -2.61. The van der Waals surface area contributed by atoms with Crippen molar-refractivity contribution in [2.75, 3.05) is 11.9 Å². The average molecular weight is 405 g/mol. The number of amides is 2. The maximum Gasteiger partial charge on any atom is 0.313 e. The fourth-order valence-electron chi connectivity index (χ4n) is 2.56. The summed E-state index contributed by atoms with van der Waals surface area (Å²) in [7, 11) is 0. The summed E-state index contributed by atoms with van der Waals surface area (Å²) in [6, 6.07) is 10.2. The first kappa shape index (κ1) is 19.2. The number of thiophene rings is 1. The summed E-state index contributed by atoms with van der Waals surface area (Å²) in [4.78, 5) is 25.1. The van der Waals surface area contributed by atoms with Crippen molar-refractivity contribution >= 4 is 40.4 Å². The van der Waals surface area contributed by atoms with Crippen molar-refractivity contribution in [3.63, 3.8) is 0 Å². The molecule has 1 aromatic carbocycles. The van der Waals surface area contributed by atoms with E-state index in [0.717, 1.165) is 0 Å². The van der Waals surface area contributed by atoms with Gasteiger partial charge in [-0.2, -0.15) is 0 Å². The molecular formula is C19H17ClN2O4S. The molecule has 2 heterocycles. The van der Waals surface area contributed by atoms with Crippen molar-refractivity contribution in [2.45, 2.75) is 12.5 Å². The molecule has 3 aromatic rings. The van der Waals surface area contributed by atoms with Crippen LogP contribution < -0.4 is 10.6 Å². The first-order valence-electron chi connectivity index (χ1n) is 8.05. The van der Waals surface area contributed by atoms with Crippen LogP contribution in [0.3, 0.4) is 0 Å². The summed E-state index contributed by atoms with van der Waals surface area (Å²) < 4.78 is 5.06. The zero-order chi connectivity index (χ0) is 19.4. The summed E-state index contributed by atoms with van der Waals surface area (Å²) in [5, 5.41) is 18.4. The molecule has 140 valence electrons. The van der Waals surface area contributed by atoms with Gasteiger partial charge >= 0.3 is 11.8 Å². The van der Waals surface area contributed by atoms with Crippen molar-refractivity contribution in [1.29, 1.82) is 0 Å². The smallest absolute Gasteiger partial charge is 0.313 e. The van der Waals surface area contributed by atoms with Gasteiger partial charge in [-0.15, -0.1) is 11.3 Å². The maximum atomic E-state index is 12.2. The molecule has 2 amide bonds. The number of halogens is 1. The van der Waals surface area contributed by atoms with Crippen LogP contribution in [-0.4, -0.2) is 23.5 Å². The van der Waals surface area contributed by atoms with Gasteiger partial charge in [0.05, 0.1) is 19.1 Å². The third-order valence-corrected chi connectivity index (χ3v) is 5.58. The monoisotopic (exact) mass is 404 g/mol. The summed E-state index contributed by atoms with van der Waals surface area (Å²) in [5.74, 6) is -1.71. The lowest BCUT2D eigenvalue weighted by Crippen LogP contribution is -2.44. The molecule has 6 nitrogen and oxygen atoms in total. The summed E-state index contributed by atoms with van der Waals surface area (Å²) in [6.07, 6.45) is 2.84. The summed E-state index contributed by atoms with van der Waals surface area (Å²) in [5.41, 5.74) is 0.0967. The Balaban J connectivity index is 1.71. The lowest BCUT2D eigenvalue weighted by molar-refractivity contribution is -0.136. The van der Waals surface area contributed by atoms with Crippen LogP contribution in [0.25, 0.3) is 0 Å². The molecule has 0 saturated carbocycles. The third-order valence-electron chi connectivity index (χ3n) is 4.15. The predicted octanol–water partition coefficient (Wildman–Crippen LogP) is 3.29. The molecule has 0 radical (unpaired) electrons. The maximum absolute atomic E-state index is 12.2. The van der Waals surface area contributed by atoms with Gasteiger partial charge in [0.1, 0.15) is 5.60 Å². The molecule has 8 heteroatoms. The molecule has 0 bridgehead atoms. The van der Waals surface area contributed by atoms with E-state index in [1.54, 1.807) is 43.3 Å². The Labute approximate surface area is 164 Å². The molecule has 0 aliphatic heterocycles. The molecule has 0 aliphatic rings. The van der Waals surface area contributed by atoms with Crippen LogP contribution in [0.15, 0.2) is 58.7 Å². The molecule has 27 heavy (non-hydrogen) atoms. The Morgan fingerprint density at radius 2 is 2.04 bits per heavy atom. The predicted molar refractivity (Wildman–Crippen MR) is 104 cm³/mol. The highest BCUT2D eigenvalue weighted by atomic mass is 35.5. The van der Waals surface area contributed by atoms with Gasteiger partial charge in [-0.25, -0.2) is 0 Å². The summed E-state index contributed by atoms with van der Waals surface area (Å²) >= 11 is 7.36. The molecule has 3 rings (SSSR count). The normalized spacial score (nSPS) is 13.0. The topological polar surface area (TPSA) is 91.6 Å². The number of rotatable bonds is 5. The van der Waals surface area contributed by atoms with E-state index in [1.807, 2.05) is 5.38 Å². The van der Waals surface area contributed by atoms with Crippen LogP contribution in [0.2, 0.25) is 5.02 Å². The minimum Gasteiger partial charge on any atom is -0.472 e. The van der Waals surface area contributed by atoms with E-state index in [-0.39, 0.29) is 6.54 Å². The van der Waals surface area contributed by atoms with Crippen LogP contribution in [0.4, 0.5) is 5.69 Å². The van der Waals surface area contributed by atoms with Crippen LogP contribution in [-0.2, 0) is 15.2 Å². The van der Waals surface area contributed by atoms with Crippen LogP contribution in [0, 0.1) is 6.92 Å². The second-order valence-electron chi connectivity index (χ2n) is 5.90. The molecule has 1 unspecified atom stereocenters. The number of carbonyl (C=O) groups excluding carboxylic acids is 2. The highest BCUT2D eigenvalue weighted by molar-refractivity contribution is 7.10. The van der Waals surface area contributed by atoms with Gasteiger partial charge in [0, 0.05) is 21.2 Å². The van der Waals surface area contributed by atoms with Gasteiger partial charge in [-0.1, -0.05) is 23.7 Å². The quantitative estimate of drug-likeness (QED) is 0.569. The lowest BCUT2D eigenvalue weighted by Gasteiger charge is -2.26. The number of aliphatic hydroxyl groups is 1. The van der Waals surface area contributed by atoms with Crippen molar-refractivity contribution < 1.29 is 19.1 Å². The van der Waals surface area contributed by atoms with Crippen LogP contribution in [0.5, 0.6) is 0 Å². The third kappa shape index (κ3) is 4.05. The van der Waals surface area contributed by atoms with E-state index in [2.05, 4.69) is 10.6 Å². The second-order valence-corrected chi connectivity index (χ2v) is 7.25. The van der Waals surface area contributed by atoms with Gasteiger partial charge in [0.25, 0.3) is 0 Å². The Bertz CT molecular complexity index is 905. The minimum atomic E-state index is -1.50. The first-order chi connectivity index (χ1) is 12.9. The van der Waals surface area contributed by atoms with Crippen LogP contribution in [0.1, 0.15) is 16.0 Å². The highest BCUT2D eigenvalue weighted by Crippen LogP contribution is 2.32. The van der Waals surface area contributed by atoms with E-state index >= 15 is 0 Å². The van der Waals surface area contributed by atoms with Crippen molar-refractivity contribution in [2.24, 2.45) is 0 Å².